The fourth-order valence-corrected chi connectivity index (χ4v) is 2.26. The Morgan fingerprint density at radius 3 is 2.70 bits per heavy atom. The van der Waals surface area contributed by atoms with Crippen LogP contribution in [0.25, 0.3) is 0 Å². The molecule has 0 atom stereocenters. The van der Waals surface area contributed by atoms with E-state index in [1.165, 1.54) is 7.11 Å². The second-order valence-corrected chi connectivity index (χ2v) is 5.14. The van der Waals surface area contributed by atoms with Crippen molar-refractivity contribution in [1.82, 2.24) is 10.2 Å². The maximum atomic E-state index is 12.1. The van der Waals surface area contributed by atoms with Gasteiger partial charge in [0.05, 0.1) is 17.7 Å². The average molecular weight is 341 g/mol. The van der Waals surface area contributed by atoms with E-state index in [0.29, 0.717) is 28.8 Å². The Balaban J connectivity index is 2.07. The number of nitrogens with one attached hydrogen (secondary N) is 1. The number of hydrogen-bond acceptors (Lipinski definition) is 4. The van der Waals surface area contributed by atoms with Crippen molar-refractivity contribution < 1.29 is 19.1 Å². The van der Waals surface area contributed by atoms with Crippen LogP contribution in [0.3, 0.4) is 0 Å². The molecule has 3 amide bonds. The van der Waals surface area contributed by atoms with Gasteiger partial charge >= 0.3 is 0 Å². The highest BCUT2D eigenvalue weighted by Crippen LogP contribution is 2.25. The van der Waals surface area contributed by atoms with Crippen LogP contribution < -0.4 is 5.32 Å². The number of fused-ring (bicyclic) bond motifs is 1. The minimum atomic E-state index is -0.451. The molecule has 1 aromatic rings. The molecule has 0 spiro atoms. The smallest absolute Gasteiger partial charge is 0.262 e. The maximum Gasteiger partial charge on any atom is 0.262 e. The van der Waals surface area contributed by atoms with Gasteiger partial charge in [0.2, 0.25) is 5.91 Å². The molecule has 6 nitrogen and oxygen atoms in total. The molecule has 106 valence electrons. The average Bonchev–Trinajstić information content (AvgIpc) is 2.64. The number of amides is 3. The fourth-order valence-electron chi connectivity index (χ4n) is 1.90. The summed E-state index contributed by atoms with van der Waals surface area (Å²) in [5.74, 6) is -1.29. The first-order chi connectivity index (χ1) is 9.54. The number of rotatable bonds is 5. The summed E-state index contributed by atoms with van der Waals surface area (Å²) < 4.78 is 5.51. The molecule has 0 saturated carbocycles. The number of hydrogen-bond donors (Lipinski definition) is 1. The molecule has 1 N–H and O–H groups in total. The molecule has 0 bridgehead atoms. The Kier molecular flexibility index (Phi) is 4.51. The van der Waals surface area contributed by atoms with Crippen molar-refractivity contribution in [3.8, 4) is 0 Å². The summed E-state index contributed by atoms with van der Waals surface area (Å²) in [7, 11) is 1.52. The first-order valence-electron chi connectivity index (χ1n) is 5.96. The van der Waals surface area contributed by atoms with Gasteiger partial charge in [-0.05, 0) is 18.2 Å². The van der Waals surface area contributed by atoms with Crippen LogP contribution in [-0.2, 0) is 9.53 Å². The summed E-state index contributed by atoms with van der Waals surface area (Å²) in [5, 5.41) is 2.57. The molecule has 1 heterocycles. The molecule has 0 aliphatic carbocycles. The summed E-state index contributed by atoms with van der Waals surface area (Å²) >= 11 is 3.25. The summed E-state index contributed by atoms with van der Waals surface area (Å²) in [6.07, 6.45) is 0. The minimum Gasteiger partial charge on any atom is -0.383 e. The van der Waals surface area contributed by atoms with Crippen LogP contribution in [0.1, 0.15) is 20.7 Å². The number of ether oxygens (including phenoxy) is 1. The second kappa shape index (κ2) is 6.15. The van der Waals surface area contributed by atoms with Crippen LogP contribution in [0, 0.1) is 0 Å². The van der Waals surface area contributed by atoms with Crippen molar-refractivity contribution in [3.63, 3.8) is 0 Å². The van der Waals surface area contributed by atoms with E-state index in [2.05, 4.69) is 21.2 Å². The summed E-state index contributed by atoms with van der Waals surface area (Å²) in [6, 6.07) is 4.84. The third-order valence-corrected chi connectivity index (χ3v) is 3.36. The van der Waals surface area contributed by atoms with Crippen LogP contribution in [-0.4, -0.2) is 49.4 Å². The third-order valence-electron chi connectivity index (χ3n) is 2.86. The van der Waals surface area contributed by atoms with Gasteiger partial charge in [-0.25, -0.2) is 0 Å². The third kappa shape index (κ3) is 2.88. The van der Waals surface area contributed by atoms with Crippen LogP contribution in [0.5, 0.6) is 0 Å². The quantitative estimate of drug-likeness (QED) is 0.635. The van der Waals surface area contributed by atoms with Crippen molar-refractivity contribution in [2.75, 3.05) is 26.8 Å². The molecule has 1 aliphatic heterocycles. The summed E-state index contributed by atoms with van der Waals surface area (Å²) in [5.41, 5.74) is 0.636. The van der Waals surface area contributed by atoms with Gasteiger partial charge in [-0.3, -0.25) is 19.3 Å². The highest BCUT2D eigenvalue weighted by atomic mass is 79.9. The zero-order valence-corrected chi connectivity index (χ0v) is 12.4. The zero-order valence-electron chi connectivity index (χ0n) is 10.8. The number of methoxy groups -OCH3 is 1. The molecule has 2 rings (SSSR count). The summed E-state index contributed by atoms with van der Waals surface area (Å²) in [4.78, 5) is 36.8. The first-order valence-corrected chi connectivity index (χ1v) is 6.75. The molecular formula is C13H13BrN2O4. The Labute approximate surface area is 124 Å². The van der Waals surface area contributed by atoms with E-state index >= 15 is 0 Å². The molecule has 0 saturated heterocycles. The van der Waals surface area contributed by atoms with Gasteiger partial charge in [0.15, 0.2) is 0 Å². The number of halogens is 1. The van der Waals surface area contributed by atoms with Crippen LogP contribution >= 0.6 is 15.9 Å². The Hall–Kier alpha value is -1.73. The van der Waals surface area contributed by atoms with E-state index in [4.69, 9.17) is 4.74 Å². The van der Waals surface area contributed by atoms with Crippen molar-refractivity contribution in [3.05, 3.63) is 33.8 Å². The summed E-state index contributed by atoms with van der Waals surface area (Å²) in [6.45, 7) is 0.429. The van der Waals surface area contributed by atoms with E-state index in [-0.39, 0.29) is 6.54 Å². The van der Waals surface area contributed by atoms with Crippen LogP contribution in [0.4, 0.5) is 0 Å². The van der Waals surface area contributed by atoms with Gasteiger partial charge < -0.3 is 10.1 Å². The van der Waals surface area contributed by atoms with E-state index in [0.717, 1.165) is 4.90 Å². The SMILES string of the molecule is COCCNC(=O)CN1C(=O)c2ccc(Br)cc2C1=O. The molecule has 20 heavy (non-hydrogen) atoms. The van der Waals surface area contributed by atoms with Crippen molar-refractivity contribution >= 4 is 33.7 Å². The van der Waals surface area contributed by atoms with Crippen molar-refractivity contribution in [1.29, 1.82) is 0 Å². The van der Waals surface area contributed by atoms with Gasteiger partial charge in [0.25, 0.3) is 11.8 Å². The largest absolute Gasteiger partial charge is 0.383 e. The van der Waals surface area contributed by atoms with Crippen molar-refractivity contribution in [2.45, 2.75) is 0 Å². The fraction of sp³-hybridized carbons (Fsp3) is 0.308. The Morgan fingerprint density at radius 2 is 2.00 bits per heavy atom. The molecular weight excluding hydrogens is 328 g/mol. The topological polar surface area (TPSA) is 75.7 Å². The van der Waals surface area contributed by atoms with Crippen molar-refractivity contribution in [2.24, 2.45) is 0 Å². The van der Waals surface area contributed by atoms with Gasteiger partial charge in [-0.2, -0.15) is 0 Å². The van der Waals surface area contributed by atoms with Gasteiger partial charge in [0, 0.05) is 18.1 Å². The molecule has 7 heteroatoms. The van der Waals surface area contributed by atoms with Crippen LogP contribution in [0.2, 0.25) is 0 Å². The lowest BCUT2D eigenvalue weighted by atomic mass is 10.1. The number of benzene rings is 1. The molecule has 0 radical (unpaired) electrons. The number of carbonyl (C=O) groups excluding carboxylic acids is 3. The van der Waals surface area contributed by atoms with E-state index in [1.807, 2.05) is 0 Å². The number of carbonyl (C=O) groups is 3. The molecule has 1 aromatic carbocycles. The number of imide groups is 1. The van der Waals surface area contributed by atoms with Gasteiger partial charge in [0.1, 0.15) is 6.54 Å². The molecule has 0 aromatic heterocycles. The number of nitrogens with zero attached hydrogens (tertiary/aromatic N) is 1. The lowest BCUT2D eigenvalue weighted by molar-refractivity contribution is -0.121. The predicted octanol–water partition coefficient (Wildman–Crippen LogP) is 0.808. The molecule has 1 aliphatic rings. The zero-order chi connectivity index (χ0) is 14.7. The monoisotopic (exact) mass is 340 g/mol. The van der Waals surface area contributed by atoms with Gasteiger partial charge in [-0.1, -0.05) is 15.9 Å². The van der Waals surface area contributed by atoms with Gasteiger partial charge in [-0.15, -0.1) is 0 Å². The first kappa shape index (κ1) is 14.7. The minimum absolute atomic E-state index is 0.284. The Morgan fingerprint density at radius 1 is 1.30 bits per heavy atom. The lowest BCUT2D eigenvalue weighted by Gasteiger charge is -2.13. The standard InChI is InChI=1S/C13H13BrN2O4/c1-20-5-4-15-11(17)7-16-12(18)9-3-2-8(14)6-10(9)13(16)19/h2-3,6H,4-5,7H2,1H3,(H,15,17). The van der Waals surface area contributed by atoms with E-state index in [9.17, 15) is 14.4 Å². The normalized spacial score (nSPS) is 13.6. The second-order valence-electron chi connectivity index (χ2n) is 4.23. The van der Waals surface area contributed by atoms with E-state index in [1.54, 1.807) is 18.2 Å². The maximum absolute atomic E-state index is 12.1. The predicted molar refractivity (Wildman–Crippen MR) is 74.4 cm³/mol. The van der Waals surface area contributed by atoms with Crippen LogP contribution in [0.15, 0.2) is 22.7 Å². The lowest BCUT2D eigenvalue weighted by Crippen LogP contribution is -2.41. The highest BCUT2D eigenvalue weighted by molar-refractivity contribution is 9.10. The van der Waals surface area contributed by atoms with E-state index < -0.39 is 17.7 Å². The molecule has 0 unspecified atom stereocenters. The highest BCUT2D eigenvalue weighted by Gasteiger charge is 2.36. The molecule has 0 fully saturated rings. The Bertz CT molecular complexity index is 573.